The number of hydrazone groups is 4. The predicted molar refractivity (Wildman–Crippen MR) is 445 cm³/mol. The Morgan fingerprint density at radius 1 is 0.260 bits per heavy atom. The van der Waals surface area contributed by atoms with Gasteiger partial charge in [0.25, 0.3) is 0 Å². The number of benzene rings is 8. The molecule has 0 aliphatic heterocycles. The van der Waals surface area contributed by atoms with Crippen LogP contribution in [0.3, 0.4) is 0 Å². The number of aryl methyl sites for hydroxylation is 8. The van der Waals surface area contributed by atoms with Gasteiger partial charge in [-0.15, -0.1) is 0 Å². The molecule has 8 aromatic carbocycles. The van der Waals surface area contributed by atoms with Crippen molar-refractivity contribution in [3.63, 3.8) is 0 Å². The lowest BCUT2D eigenvalue weighted by Gasteiger charge is -2.15. The highest BCUT2D eigenvalue weighted by Gasteiger charge is 2.15. The normalized spacial score (nSPS) is 10.5. The van der Waals surface area contributed by atoms with Crippen LogP contribution in [0, 0.1) is 0 Å². The van der Waals surface area contributed by atoms with Crippen LogP contribution in [0.2, 0.25) is 0 Å². The van der Waals surface area contributed by atoms with Gasteiger partial charge >= 0.3 is 0 Å². The van der Waals surface area contributed by atoms with E-state index in [0.29, 0.717) is 0 Å². The summed E-state index contributed by atoms with van der Waals surface area (Å²) in [5, 5.41) is 36.5. The first-order chi connectivity index (χ1) is 46.3. The highest BCUT2D eigenvalue weighted by molar-refractivity contribution is 6.12. The summed E-state index contributed by atoms with van der Waals surface area (Å²) in [7, 11) is 15.7. The van der Waals surface area contributed by atoms with Crippen LogP contribution in [0.4, 0.5) is 0 Å². The van der Waals surface area contributed by atoms with Crippen molar-refractivity contribution < 1.29 is 0 Å². The van der Waals surface area contributed by atoms with Crippen molar-refractivity contribution in [1.29, 1.82) is 0 Å². The molecular weight excluding hydrogens is 1170 g/mol. The molecule has 8 aromatic rings. The predicted octanol–water partition coefficient (Wildman–Crippen LogP) is 25.2. The minimum absolute atomic E-state index is 1.03. The van der Waals surface area contributed by atoms with Crippen molar-refractivity contribution in [1.82, 2.24) is 20.0 Å². The number of rotatable bonds is 16. The van der Waals surface area contributed by atoms with Gasteiger partial charge in [0.05, 0.1) is 22.8 Å². The first-order valence-corrected chi connectivity index (χ1v) is 37.4. The summed E-state index contributed by atoms with van der Waals surface area (Å²) in [6, 6.07) is 44.7. The van der Waals surface area contributed by atoms with Gasteiger partial charge in [-0.2, -0.15) is 20.4 Å². The van der Waals surface area contributed by atoms with E-state index in [4.69, 9.17) is 0 Å². The Balaban J connectivity index is -0.000000548. The zero-order chi connectivity index (χ0) is 74.8. The average Bonchev–Trinajstić information content (AvgIpc) is 0.825. The quantitative estimate of drug-likeness (QED) is 0.0714. The molecule has 0 aromatic heterocycles. The van der Waals surface area contributed by atoms with E-state index in [1.165, 1.54) is 110 Å². The third-order valence-electron chi connectivity index (χ3n) is 14.8. The van der Waals surface area contributed by atoms with Crippen LogP contribution in [-0.2, 0) is 51.4 Å². The molecule has 0 unspecified atom stereocenters. The molecule has 0 amide bonds. The molecule has 0 aliphatic rings. The highest BCUT2D eigenvalue weighted by atomic mass is 15.4. The van der Waals surface area contributed by atoms with Crippen molar-refractivity contribution in [2.24, 2.45) is 20.4 Å². The molecule has 536 valence electrons. The van der Waals surface area contributed by atoms with E-state index in [-0.39, 0.29) is 0 Å². The Labute approximate surface area is 592 Å². The summed E-state index contributed by atoms with van der Waals surface area (Å²) in [4.78, 5) is 0. The molecule has 0 saturated carbocycles. The molecule has 0 heterocycles. The molecule has 8 nitrogen and oxygen atoms in total. The van der Waals surface area contributed by atoms with Crippen molar-refractivity contribution >= 4 is 65.9 Å². The SMILES string of the molecule is CC.CC.CC.CC.CC.CC.CC.CC.CCc1ccc2c(/C(C)=N/N(C)C)c(CC)ccc2c1.CCc1ccc2c(/C(C)=N/N(C)C)c(CC)ccc2c1.CCc1cccc2c(CC)c(/C(C)=N/N(C)C)ccc12.CCc1cccc2c(CC)c(/C(C)=N/N(C)C)ccc12. The van der Waals surface area contributed by atoms with Crippen LogP contribution in [0.1, 0.15) is 261 Å². The summed E-state index contributed by atoms with van der Waals surface area (Å²) >= 11 is 0. The van der Waals surface area contributed by atoms with Crippen LogP contribution < -0.4 is 0 Å². The van der Waals surface area contributed by atoms with E-state index in [1.54, 1.807) is 0 Å². The standard InChI is InChI=1S/4C18H24N2.8C2H6/c2*1-6-14-8-11-17-16(12-14)10-9-15(7-2)18(17)13(3)19-20(4)5;2*1-6-14-9-8-10-18-15(7-2)16(11-12-17(14)18)13(3)19-20(4)5;8*1-2/h4*8-12H,6-7H2,1-5H3;8*1-2H3/b4*19-13+;;;;;;;;. The van der Waals surface area contributed by atoms with Crippen LogP contribution >= 0.6 is 0 Å². The molecule has 0 N–H and O–H groups in total. The fourth-order valence-electron chi connectivity index (χ4n) is 11.2. The van der Waals surface area contributed by atoms with Crippen molar-refractivity contribution in [3.8, 4) is 0 Å². The minimum Gasteiger partial charge on any atom is -0.303 e. The second kappa shape index (κ2) is 55.8. The first-order valence-electron chi connectivity index (χ1n) is 37.4. The second-order valence-corrected chi connectivity index (χ2v) is 21.5. The van der Waals surface area contributed by atoms with E-state index in [2.05, 4.69) is 225 Å². The monoisotopic (exact) mass is 1310 g/mol. The summed E-state index contributed by atoms with van der Waals surface area (Å²) < 4.78 is 0. The molecule has 0 spiro atoms. The molecule has 0 aliphatic carbocycles. The van der Waals surface area contributed by atoms with E-state index in [0.717, 1.165) is 74.2 Å². The van der Waals surface area contributed by atoms with Gasteiger partial charge in [0, 0.05) is 78.6 Å². The molecule has 0 radical (unpaired) electrons. The second-order valence-electron chi connectivity index (χ2n) is 21.5. The number of fused-ring (bicyclic) bond motifs is 4. The Morgan fingerprint density at radius 3 is 0.781 bits per heavy atom. The first kappa shape index (κ1) is 95.1. The van der Waals surface area contributed by atoms with Crippen LogP contribution in [-0.4, -0.2) is 99.3 Å². The highest BCUT2D eigenvalue weighted by Crippen LogP contribution is 2.31. The number of hydrogen-bond acceptors (Lipinski definition) is 8. The van der Waals surface area contributed by atoms with Crippen molar-refractivity contribution in [2.45, 2.75) is 245 Å². The van der Waals surface area contributed by atoms with Crippen LogP contribution in [0.25, 0.3) is 43.1 Å². The topological polar surface area (TPSA) is 62.4 Å². The number of hydrogen-bond donors (Lipinski definition) is 0. The zero-order valence-corrected chi connectivity index (χ0v) is 68.8. The van der Waals surface area contributed by atoms with Gasteiger partial charge in [0.2, 0.25) is 0 Å². The molecule has 0 fully saturated rings. The van der Waals surface area contributed by atoms with Crippen LogP contribution in [0.15, 0.2) is 142 Å². The number of nitrogens with zero attached hydrogens (tertiary/aromatic N) is 8. The fraction of sp³-hybridized carbons (Fsp3) is 0.500. The summed E-state index contributed by atoms with van der Waals surface area (Å²) in [6.07, 6.45) is 8.41. The van der Waals surface area contributed by atoms with Gasteiger partial charge in [-0.25, -0.2) is 0 Å². The summed E-state index contributed by atoms with van der Waals surface area (Å²) in [5.74, 6) is 0. The summed E-state index contributed by atoms with van der Waals surface area (Å²) in [5.41, 5.74) is 20.6. The Hall–Kier alpha value is -7.32. The molecule has 0 bridgehead atoms. The van der Waals surface area contributed by atoms with Gasteiger partial charge in [-0.05, 0) is 167 Å². The van der Waals surface area contributed by atoms with Crippen molar-refractivity contribution in [2.75, 3.05) is 56.4 Å². The largest absolute Gasteiger partial charge is 0.303 e. The third kappa shape index (κ3) is 29.6. The maximum Gasteiger partial charge on any atom is 0.0655 e. The average molecular weight is 1310 g/mol. The Bertz CT molecular complexity index is 3250. The minimum atomic E-state index is 1.03. The summed E-state index contributed by atoms with van der Waals surface area (Å²) in [6.45, 7) is 58.0. The van der Waals surface area contributed by atoms with Crippen molar-refractivity contribution in [3.05, 3.63) is 188 Å². The molecule has 0 atom stereocenters. The lowest BCUT2D eigenvalue weighted by Crippen LogP contribution is -2.09. The Morgan fingerprint density at radius 2 is 0.531 bits per heavy atom. The molecule has 8 rings (SSSR count). The molecule has 8 heteroatoms. The molecular formula is C88H144N8. The fourth-order valence-corrected chi connectivity index (χ4v) is 11.2. The lowest BCUT2D eigenvalue weighted by molar-refractivity contribution is 0.437. The van der Waals surface area contributed by atoms with Gasteiger partial charge < -0.3 is 20.0 Å². The van der Waals surface area contributed by atoms with E-state index < -0.39 is 0 Å². The Kier molecular flexibility index (Phi) is 55.2. The van der Waals surface area contributed by atoms with E-state index >= 15 is 0 Å². The third-order valence-corrected chi connectivity index (χ3v) is 14.8. The van der Waals surface area contributed by atoms with Gasteiger partial charge in [-0.3, -0.25) is 0 Å². The van der Waals surface area contributed by atoms with Gasteiger partial charge in [0.15, 0.2) is 0 Å². The zero-order valence-electron chi connectivity index (χ0n) is 68.8. The van der Waals surface area contributed by atoms with E-state index in [1.807, 2.05) is 187 Å². The maximum absolute atomic E-state index is 4.60. The lowest BCUT2D eigenvalue weighted by atomic mass is 9.92. The maximum atomic E-state index is 4.60. The van der Waals surface area contributed by atoms with Gasteiger partial charge in [0.1, 0.15) is 0 Å². The molecule has 0 saturated heterocycles. The van der Waals surface area contributed by atoms with E-state index in [9.17, 15) is 0 Å². The smallest absolute Gasteiger partial charge is 0.0655 e. The molecule has 96 heavy (non-hydrogen) atoms. The van der Waals surface area contributed by atoms with Crippen LogP contribution in [0.5, 0.6) is 0 Å². The van der Waals surface area contributed by atoms with Gasteiger partial charge in [-0.1, -0.05) is 287 Å².